The summed E-state index contributed by atoms with van der Waals surface area (Å²) >= 11 is 0. The molecule has 0 unspecified atom stereocenters. The van der Waals surface area contributed by atoms with E-state index in [-0.39, 0.29) is 42.8 Å². The van der Waals surface area contributed by atoms with E-state index < -0.39 is 0 Å². The fourth-order valence-corrected chi connectivity index (χ4v) is 3.49. The van der Waals surface area contributed by atoms with Crippen molar-refractivity contribution in [1.82, 2.24) is 20.1 Å². The largest absolute Gasteiger partial charge is 0.338 e. The molecule has 3 rings (SSSR count). The topological polar surface area (TPSA) is 89.3 Å². The Hall–Kier alpha value is -2.17. The van der Waals surface area contributed by atoms with Gasteiger partial charge in [0.25, 0.3) is 5.91 Å². The summed E-state index contributed by atoms with van der Waals surface area (Å²) in [6, 6.07) is 5.69. The number of amides is 2. The lowest BCUT2D eigenvalue weighted by molar-refractivity contribution is -0.130. The summed E-state index contributed by atoms with van der Waals surface area (Å²) in [7, 11) is 0. The highest BCUT2D eigenvalue weighted by molar-refractivity contribution is 5.93. The van der Waals surface area contributed by atoms with Crippen molar-refractivity contribution < 1.29 is 9.59 Å². The van der Waals surface area contributed by atoms with Gasteiger partial charge in [-0.3, -0.25) is 14.6 Å². The summed E-state index contributed by atoms with van der Waals surface area (Å²) in [4.78, 5) is 32.1. The number of carbonyl (C=O) groups is 2. The van der Waals surface area contributed by atoms with E-state index in [9.17, 15) is 9.59 Å². The second-order valence-corrected chi connectivity index (χ2v) is 6.56. The van der Waals surface area contributed by atoms with Crippen LogP contribution in [0.25, 0.3) is 0 Å². The molecule has 0 saturated carbocycles. The minimum atomic E-state index is -0.270. The molecule has 0 aliphatic carbocycles. The molecule has 1 aromatic heterocycles. The smallest absolute Gasteiger partial charge is 0.255 e. The second kappa shape index (κ2) is 9.51. The van der Waals surface area contributed by atoms with Crippen molar-refractivity contribution in [1.29, 1.82) is 5.26 Å². The minimum Gasteiger partial charge on any atom is -0.338 e. The van der Waals surface area contributed by atoms with E-state index in [1.165, 1.54) is 0 Å². The van der Waals surface area contributed by atoms with Crippen molar-refractivity contribution in [3.05, 3.63) is 30.1 Å². The Bertz CT molecular complexity index is 655. The number of carbonyl (C=O) groups excluding carboxylic acids is 2. The number of likely N-dealkylation sites (tertiary alicyclic amines) is 2. The quantitative estimate of drug-likeness (QED) is 0.851. The normalized spacial score (nSPS) is 20.3. The predicted molar refractivity (Wildman–Crippen MR) is 98.8 cm³/mol. The van der Waals surface area contributed by atoms with Crippen LogP contribution in [0.15, 0.2) is 24.5 Å². The first-order chi connectivity index (χ1) is 12.2. The molecule has 1 aromatic rings. The lowest BCUT2D eigenvalue weighted by atomic mass is 10.0. The van der Waals surface area contributed by atoms with Gasteiger partial charge in [0.05, 0.1) is 18.2 Å². The fourth-order valence-electron chi connectivity index (χ4n) is 3.49. The monoisotopic (exact) mass is 377 g/mol. The third-order valence-electron chi connectivity index (χ3n) is 4.95. The van der Waals surface area contributed by atoms with Crippen LogP contribution in [0.4, 0.5) is 0 Å². The molecule has 2 aliphatic rings. The number of piperidine rings is 1. The van der Waals surface area contributed by atoms with Crippen LogP contribution in [0.3, 0.4) is 0 Å². The molecule has 1 N–H and O–H groups in total. The van der Waals surface area contributed by atoms with Crippen molar-refractivity contribution in [3.63, 3.8) is 0 Å². The lowest BCUT2D eigenvalue weighted by Gasteiger charge is -2.32. The number of pyridine rings is 1. The zero-order chi connectivity index (χ0) is 17.6. The van der Waals surface area contributed by atoms with Gasteiger partial charge < -0.3 is 15.1 Å². The Kier molecular flexibility index (Phi) is 7.37. The average molecular weight is 378 g/mol. The summed E-state index contributed by atoms with van der Waals surface area (Å²) in [6.07, 6.45) is 6.56. The van der Waals surface area contributed by atoms with E-state index in [4.69, 9.17) is 5.26 Å². The number of nitrogens with one attached hydrogen (secondary N) is 1. The summed E-state index contributed by atoms with van der Waals surface area (Å²) in [6.45, 7) is 2.28. The van der Waals surface area contributed by atoms with E-state index in [1.54, 1.807) is 29.4 Å². The molecule has 1 atom stereocenters. The summed E-state index contributed by atoms with van der Waals surface area (Å²) in [5.74, 6) is 0.00877. The Balaban J connectivity index is 0.00000243. The van der Waals surface area contributed by atoms with E-state index >= 15 is 0 Å². The molecule has 0 bridgehead atoms. The first-order valence-corrected chi connectivity index (χ1v) is 8.81. The third-order valence-corrected chi connectivity index (χ3v) is 4.95. The highest BCUT2D eigenvalue weighted by Gasteiger charge is 2.29. The van der Waals surface area contributed by atoms with E-state index in [0.717, 1.165) is 25.7 Å². The Morgan fingerprint density at radius 1 is 1.27 bits per heavy atom. The highest BCUT2D eigenvalue weighted by atomic mass is 35.5. The molecular formula is C18H24ClN5O2. The van der Waals surface area contributed by atoms with E-state index in [2.05, 4.69) is 16.4 Å². The third kappa shape index (κ3) is 4.71. The van der Waals surface area contributed by atoms with Crippen LogP contribution >= 0.6 is 12.4 Å². The number of nitriles is 1. The number of halogens is 1. The summed E-state index contributed by atoms with van der Waals surface area (Å²) in [5.41, 5.74) is 0.612. The molecule has 2 aliphatic heterocycles. The zero-order valence-corrected chi connectivity index (χ0v) is 15.5. The zero-order valence-electron chi connectivity index (χ0n) is 14.6. The highest BCUT2D eigenvalue weighted by Crippen LogP contribution is 2.17. The molecule has 0 radical (unpaired) electrons. The van der Waals surface area contributed by atoms with Gasteiger partial charge >= 0.3 is 0 Å². The molecular weight excluding hydrogens is 354 g/mol. The van der Waals surface area contributed by atoms with Crippen LogP contribution < -0.4 is 5.32 Å². The van der Waals surface area contributed by atoms with Crippen molar-refractivity contribution in [2.24, 2.45) is 0 Å². The Morgan fingerprint density at radius 2 is 2.04 bits per heavy atom. The van der Waals surface area contributed by atoms with Crippen molar-refractivity contribution in [2.75, 3.05) is 26.2 Å². The number of hydrogen-bond donors (Lipinski definition) is 1. The molecule has 2 saturated heterocycles. The van der Waals surface area contributed by atoms with Gasteiger partial charge in [-0.25, -0.2) is 0 Å². The Morgan fingerprint density at radius 3 is 2.69 bits per heavy atom. The maximum Gasteiger partial charge on any atom is 0.255 e. The molecule has 26 heavy (non-hydrogen) atoms. The molecule has 3 heterocycles. The summed E-state index contributed by atoms with van der Waals surface area (Å²) in [5, 5.41) is 12.4. The van der Waals surface area contributed by atoms with Crippen LogP contribution in [-0.2, 0) is 4.79 Å². The fraction of sp³-hybridized carbons (Fsp3) is 0.556. The lowest BCUT2D eigenvalue weighted by Crippen LogP contribution is -2.48. The number of hydrogen-bond acceptors (Lipinski definition) is 5. The first-order valence-electron chi connectivity index (χ1n) is 8.81. The molecule has 2 fully saturated rings. The maximum atomic E-state index is 12.4. The van der Waals surface area contributed by atoms with Crippen molar-refractivity contribution >= 4 is 24.2 Å². The minimum absolute atomic E-state index is 0. The molecule has 8 heteroatoms. The van der Waals surface area contributed by atoms with E-state index in [0.29, 0.717) is 25.2 Å². The van der Waals surface area contributed by atoms with E-state index in [1.807, 2.05) is 4.90 Å². The van der Waals surface area contributed by atoms with Crippen LogP contribution in [0, 0.1) is 11.3 Å². The molecule has 140 valence electrons. The molecule has 0 spiro atoms. The number of nitrogens with zero attached hydrogens (tertiary/aromatic N) is 4. The number of rotatable bonds is 4. The van der Waals surface area contributed by atoms with Crippen LogP contribution in [0.2, 0.25) is 0 Å². The van der Waals surface area contributed by atoms with Crippen molar-refractivity contribution in [2.45, 2.75) is 37.8 Å². The maximum absolute atomic E-state index is 12.4. The van der Waals surface area contributed by atoms with Crippen molar-refractivity contribution in [3.8, 4) is 6.07 Å². The first kappa shape index (κ1) is 20.1. The van der Waals surface area contributed by atoms with Crippen LogP contribution in [-0.4, -0.2) is 64.9 Å². The van der Waals surface area contributed by atoms with Gasteiger partial charge in [-0.2, -0.15) is 5.26 Å². The molecule has 2 amide bonds. The second-order valence-electron chi connectivity index (χ2n) is 6.56. The average Bonchev–Trinajstić information content (AvgIpc) is 3.15. The number of aromatic nitrogens is 1. The van der Waals surface area contributed by atoms with Gasteiger partial charge in [-0.15, -0.1) is 12.4 Å². The van der Waals surface area contributed by atoms with Gasteiger partial charge in [0.2, 0.25) is 5.91 Å². The summed E-state index contributed by atoms with van der Waals surface area (Å²) < 4.78 is 0. The predicted octanol–water partition coefficient (Wildman–Crippen LogP) is 1.21. The SMILES string of the molecule is Cl.N#C[C@@H]1CCCN1C(=O)CNC1CCN(C(=O)c2cccnc2)CC1. The standard InChI is InChI=1S/C18H23N5O2.ClH/c19-11-16-4-2-8-23(16)17(24)13-21-15-5-9-22(10-6-15)18(25)14-3-1-7-20-12-14;/h1,3,7,12,15-16,21H,2,4-6,8-10,13H2;1H/t16-;/m0./s1. The van der Waals surface area contributed by atoms with Crippen LogP contribution in [0.1, 0.15) is 36.0 Å². The Labute approximate surface area is 159 Å². The van der Waals surface area contributed by atoms with Gasteiger partial charge in [-0.05, 0) is 37.8 Å². The molecule has 7 nitrogen and oxygen atoms in total. The van der Waals surface area contributed by atoms with Gasteiger partial charge in [-0.1, -0.05) is 0 Å². The molecule has 0 aromatic carbocycles. The van der Waals surface area contributed by atoms with Gasteiger partial charge in [0, 0.05) is 38.1 Å². The van der Waals surface area contributed by atoms with Crippen LogP contribution in [0.5, 0.6) is 0 Å². The van der Waals surface area contributed by atoms with Gasteiger partial charge in [0.15, 0.2) is 0 Å². The van der Waals surface area contributed by atoms with Gasteiger partial charge in [0.1, 0.15) is 6.04 Å².